The largest absolute Gasteiger partial charge is 0.443 e. The van der Waals surface area contributed by atoms with E-state index in [1.54, 1.807) is 11.0 Å². The second-order valence-electron chi connectivity index (χ2n) is 6.26. The maximum Gasteiger partial charge on any atom is 0.443 e. The van der Waals surface area contributed by atoms with E-state index in [1.165, 1.54) is 27.8 Å². The van der Waals surface area contributed by atoms with Crippen molar-refractivity contribution in [2.45, 2.75) is 19.1 Å². The highest BCUT2D eigenvalue weighted by atomic mass is 32.1. The fraction of sp³-hybridized carbons (Fsp3) is 0.375. The number of aromatic nitrogens is 4. The number of carbonyl (C=O) groups excluding carboxylic acids is 1. The van der Waals surface area contributed by atoms with Crippen LogP contribution in [0.5, 0.6) is 0 Å². The summed E-state index contributed by atoms with van der Waals surface area (Å²) in [6.45, 7) is 1.20. The van der Waals surface area contributed by atoms with Gasteiger partial charge in [-0.3, -0.25) is 13.9 Å². The lowest BCUT2D eigenvalue weighted by Gasteiger charge is -2.30. The summed E-state index contributed by atoms with van der Waals surface area (Å²) in [5, 5.41) is 0.346. The fourth-order valence-corrected chi connectivity index (χ4v) is 3.60. The molecule has 1 amide bonds. The first kappa shape index (κ1) is 17.7. The van der Waals surface area contributed by atoms with Gasteiger partial charge in [0, 0.05) is 37.3 Å². The number of imidazole rings is 1. The molecule has 7 nitrogen and oxygen atoms in total. The third-order valence-electron chi connectivity index (χ3n) is 4.52. The van der Waals surface area contributed by atoms with Crippen molar-refractivity contribution in [2.24, 2.45) is 7.05 Å². The summed E-state index contributed by atoms with van der Waals surface area (Å²) < 4.78 is 41.0. The van der Waals surface area contributed by atoms with Crippen molar-refractivity contribution in [1.29, 1.82) is 0 Å². The SMILES string of the molecule is Cn1c(=O)n(CC(=O)N2CCC2)c2cc(-c3csc(C(F)(F)F)n3)cnc21. The minimum atomic E-state index is -4.51. The minimum Gasteiger partial charge on any atom is -0.341 e. The lowest BCUT2D eigenvalue weighted by molar-refractivity contribution is -0.137. The first-order valence-electron chi connectivity index (χ1n) is 8.12. The molecule has 0 unspecified atom stereocenters. The molecule has 1 fully saturated rings. The number of carbonyl (C=O) groups is 1. The Hall–Kier alpha value is -2.69. The molecule has 0 N–H and O–H groups in total. The number of aryl methyl sites for hydroxylation is 1. The molecule has 4 rings (SSSR count). The number of likely N-dealkylation sites (tertiary alicyclic amines) is 1. The summed E-state index contributed by atoms with van der Waals surface area (Å²) in [4.78, 5) is 34.2. The van der Waals surface area contributed by atoms with Crippen molar-refractivity contribution in [3.63, 3.8) is 0 Å². The summed E-state index contributed by atoms with van der Waals surface area (Å²) in [6.07, 6.45) is -2.20. The molecule has 0 bridgehead atoms. The maximum atomic E-state index is 12.8. The zero-order chi connectivity index (χ0) is 19.3. The van der Waals surface area contributed by atoms with Crippen LogP contribution in [0.15, 0.2) is 22.4 Å². The third-order valence-corrected chi connectivity index (χ3v) is 5.41. The van der Waals surface area contributed by atoms with Crippen LogP contribution in [0.4, 0.5) is 13.2 Å². The van der Waals surface area contributed by atoms with Crippen LogP contribution in [-0.2, 0) is 24.6 Å². The summed E-state index contributed by atoms with van der Waals surface area (Å²) in [6, 6.07) is 1.54. The summed E-state index contributed by atoms with van der Waals surface area (Å²) in [7, 11) is 1.53. The highest BCUT2D eigenvalue weighted by Crippen LogP contribution is 2.34. The number of halogens is 3. The van der Waals surface area contributed by atoms with Crippen LogP contribution in [0.3, 0.4) is 0 Å². The molecule has 0 atom stereocenters. The lowest BCUT2D eigenvalue weighted by atomic mass is 10.2. The average molecular weight is 397 g/mol. The number of hydrogen-bond acceptors (Lipinski definition) is 5. The van der Waals surface area contributed by atoms with Crippen LogP contribution in [0.1, 0.15) is 11.4 Å². The van der Waals surface area contributed by atoms with Gasteiger partial charge in [-0.05, 0) is 12.5 Å². The van der Waals surface area contributed by atoms with E-state index in [0.29, 0.717) is 41.2 Å². The van der Waals surface area contributed by atoms with E-state index in [1.807, 2.05) is 0 Å². The van der Waals surface area contributed by atoms with Gasteiger partial charge >= 0.3 is 11.9 Å². The van der Waals surface area contributed by atoms with E-state index in [0.717, 1.165) is 6.42 Å². The van der Waals surface area contributed by atoms with E-state index < -0.39 is 16.9 Å². The molecule has 27 heavy (non-hydrogen) atoms. The predicted octanol–water partition coefficient (Wildman–Crippen LogP) is 2.11. The summed E-state index contributed by atoms with van der Waals surface area (Å²) in [5.41, 5.74) is 0.809. The molecule has 0 aromatic carbocycles. The van der Waals surface area contributed by atoms with Gasteiger partial charge in [-0.25, -0.2) is 14.8 Å². The van der Waals surface area contributed by atoms with Gasteiger partial charge in [-0.1, -0.05) is 0 Å². The highest BCUT2D eigenvalue weighted by Gasteiger charge is 2.34. The van der Waals surface area contributed by atoms with Crippen LogP contribution in [-0.4, -0.2) is 43.0 Å². The van der Waals surface area contributed by atoms with Gasteiger partial charge in [-0.2, -0.15) is 13.2 Å². The fourth-order valence-electron chi connectivity index (χ4n) is 2.91. The summed E-state index contributed by atoms with van der Waals surface area (Å²) in [5.74, 6) is -0.172. The Morgan fingerprint density at radius 1 is 1.33 bits per heavy atom. The van der Waals surface area contributed by atoms with Crippen LogP contribution in [0, 0.1) is 0 Å². The van der Waals surface area contributed by atoms with Crippen molar-refractivity contribution in [1.82, 2.24) is 24.0 Å². The number of hydrogen-bond donors (Lipinski definition) is 0. The molecule has 11 heteroatoms. The molecular formula is C16H14F3N5O2S. The Morgan fingerprint density at radius 2 is 2.07 bits per heavy atom. The number of fused-ring (bicyclic) bond motifs is 1. The Kier molecular flexibility index (Phi) is 4.06. The second-order valence-corrected chi connectivity index (χ2v) is 7.12. The number of pyridine rings is 1. The van der Waals surface area contributed by atoms with E-state index in [9.17, 15) is 22.8 Å². The topological polar surface area (TPSA) is 73.0 Å². The number of alkyl halides is 3. The first-order valence-corrected chi connectivity index (χ1v) is 9.00. The van der Waals surface area contributed by atoms with E-state index in [2.05, 4.69) is 9.97 Å². The average Bonchev–Trinajstić information content (AvgIpc) is 3.13. The molecule has 0 aliphatic carbocycles. The van der Waals surface area contributed by atoms with Crippen molar-refractivity contribution in [3.8, 4) is 11.3 Å². The molecule has 0 saturated carbocycles. The third kappa shape index (κ3) is 3.01. The van der Waals surface area contributed by atoms with Gasteiger partial charge in [-0.15, -0.1) is 11.3 Å². The molecular weight excluding hydrogens is 383 g/mol. The quantitative estimate of drug-likeness (QED) is 0.679. The van der Waals surface area contributed by atoms with Crippen molar-refractivity contribution >= 4 is 28.4 Å². The van der Waals surface area contributed by atoms with Gasteiger partial charge in [0.15, 0.2) is 10.7 Å². The minimum absolute atomic E-state index is 0.124. The van der Waals surface area contributed by atoms with Gasteiger partial charge in [0.25, 0.3) is 0 Å². The number of nitrogens with zero attached hydrogens (tertiary/aromatic N) is 5. The molecule has 3 aromatic heterocycles. The molecule has 1 aliphatic heterocycles. The monoisotopic (exact) mass is 397 g/mol. The van der Waals surface area contributed by atoms with Crippen LogP contribution in [0.25, 0.3) is 22.4 Å². The van der Waals surface area contributed by atoms with Crippen molar-refractivity contribution < 1.29 is 18.0 Å². The smallest absolute Gasteiger partial charge is 0.341 e. The molecule has 4 heterocycles. The molecule has 1 aliphatic rings. The first-order chi connectivity index (χ1) is 12.8. The Bertz CT molecular complexity index is 1090. The zero-order valence-electron chi connectivity index (χ0n) is 14.2. The van der Waals surface area contributed by atoms with Crippen molar-refractivity contribution in [2.75, 3.05) is 13.1 Å². The van der Waals surface area contributed by atoms with E-state index in [4.69, 9.17) is 0 Å². The number of rotatable bonds is 3. The standard InChI is InChI=1S/C16H14F3N5O2S/c1-22-13-11(24(15(22)26)7-12(25)23-3-2-4-23)5-9(6-20-13)10-8-27-14(21-10)16(17,18)19/h5-6,8H,2-4,7H2,1H3. The lowest BCUT2D eigenvalue weighted by Crippen LogP contribution is -2.44. The predicted molar refractivity (Wildman–Crippen MR) is 92.3 cm³/mol. The van der Waals surface area contributed by atoms with Crippen molar-refractivity contribution in [3.05, 3.63) is 33.1 Å². The van der Waals surface area contributed by atoms with E-state index in [-0.39, 0.29) is 18.1 Å². The van der Waals surface area contributed by atoms with E-state index >= 15 is 0 Å². The van der Waals surface area contributed by atoms with Crippen LogP contribution in [0.2, 0.25) is 0 Å². The van der Waals surface area contributed by atoms with Crippen LogP contribution >= 0.6 is 11.3 Å². The Morgan fingerprint density at radius 3 is 2.67 bits per heavy atom. The number of amides is 1. The molecule has 0 spiro atoms. The zero-order valence-corrected chi connectivity index (χ0v) is 15.0. The molecule has 0 radical (unpaired) electrons. The van der Waals surface area contributed by atoms with Gasteiger partial charge in [0.05, 0.1) is 11.2 Å². The maximum absolute atomic E-state index is 12.8. The number of thiazole rings is 1. The molecule has 3 aromatic rings. The second kappa shape index (κ2) is 6.19. The Labute approximate surface area is 154 Å². The highest BCUT2D eigenvalue weighted by molar-refractivity contribution is 7.10. The van der Waals surface area contributed by atoms with Gasteiger partial charge in [0.2, 0.25) is 5.91 Å². The summed E-state index contributed by atoms with van der Waals surface area (Å²) >= 11 is 0.496. The Balaban J connectivity index is 1.76. The van der Waals surface area contributed by atoms with Gasteiger partial charge in [0.1, 0.15) is 6.54 Å². The normalized spacial score (nSPS) is 14.6. The molecule has 142 valence electrons. The van der Waals surface area contributed by atoms with Gasteiger partial charge < -0.3 is 4.90 Å². The van der Waals surface area contributed by atoms with Crippen LogP contribution < -0.4 is 5.69 Å². The molecule has 1 saturated heterocycles.